The van der Waals surface area contributed by atoms with Crippen molar-refractivity contribution in [2.45, 2.75) is 13.0 Å². The van der Waals surface area contributed by atoms with Crippen LogP contribution in [0.4, 0.5) is 0 Å². The first kappa shape index (κ1) is 16.5. The summed E-state index contributed by atoms with van der Waals surface area (Å²) in [5.41, 5.74) is 1.89. The maximum absolute atomic E-state index is 11.8. The van der Waals surface area contributed by atoms with Gasteiger partial charge in [0.15, 0.2) is 6.61 Å². The van der Waals surface area contributed by atoms with Crippen LogP contribution in [0.5, 0.6) is 0 Å². The van der Waals surface area contributed by atoms with E-state index in [-0.39, 0.29) is 18.6 Å². The van der Waals surface area contributed by atoms with Gasteiger partial charge in [0.05, 0.1) is 6.04 Å². The smallest absolute Gasteiger partial charge is 0.331 e. The van der Waals surface area contributed by atoms with Crippen molar-refractivity contribution in [1.82, 2.24) is 5.32 Å². The number of benzene rings is 2. The van der Waals surface area contributed by atoms with Gasteiger partial charge in [0, 0.05) is 6.08 Å². The van der Waals surface area contributed by atoms with Crippen LogP contribution >= 0.6 is 0 Å². The van der Waals surface area contributed by atoms with Gasteiger partial charge < -0.3 is 10.1 Å². The molecule has 0 aliphatic heterocycles. The zero-order chi connectivity index (χ0) is 16.5. The molecule has 1 N–H and O–H groups in total. The molecule has 2 rings (SSSR count). The van der Waals surface area contributed by atoms with Gasteiger partial charge in [-0.2, -0.15) is 0 Å². The van der Waals surface area contributed by atoms with E-state index >= 15 is 0 Å². The van der Waals surface area contributed by atoms with Gasteiger partial charge in [-0.05, 0) is 24.1 Å². The number of hydrogen-bond acceptors (Lipinski definition) is 3. The van der Waals surface area contributed by atoms with Crippen molar-refractivity contribution in [3.63, 3.8) is 0 Å². The molecule has 23 heavy (non-hydrogen) atoms. The largest absolute Gasteiger partial charge is 0.452 e. The summed E-state index contributed by atoms with van der Waals surface area (Å²) in [6.07, 6.45) is 2.95. The molecule has 2 aromatic carbocycles. The van der Waals surface area contributed by atoms with E-state index in [0.717, 1.165) is 11.1 Å². The second-order valence-electron chi connectivity index (χ2n) is 5.05. The second-order valence-corrected chi connectivity index (χ2v) is 5.05. The molecule has 4 heteroatoms. The highest BCUT2D eigenvalue weighted by Gasteiger charge is 2.10. The van der Waals surface area contributed by atoms with E-state index in [1.54, 1.807) is 6.08 Å². The molecule has 0 aliphatic rings. The Morgan fingerprint density at radius 3 is 2.30 bits per heavy atom. The molecule has 0 spiro atoms. The average molecular weight is 309 g/mol. The fraction of sp³-hybridized carbons (Fsp3) is 0.158. The Bertz CT molecular complexity index is 666. The maximum Gasteiger partial charge on any atom is 0.331 e. The van der Waals surface area contributed by atoms with Crippen LogP contribution in [0.1, 0.15) is 24.1 Å². The molecule has 118 valence electrons. The summed E-state index contributed by atoms with van der Waals surface area (Å²) >= 11 is 0. The first-order valence-electron chi connectivity index (χ1n) is 7.39. The third kappa shape index (κ3) is 5.79. The lowest BCUT2D eigenvalue weighted by Gasteiger charge is -2.13. The minimum atomic E-state index is -0.545. The minimum absolute atomic E-state index is 0.137. The Morgan fingerprint density at radius 2 is 1.65 bits per heavy atom. The van der Waals surface area contributed by atoms with Gasteiger partial charge in [-0.25, -0.2) is 4.79 Å². The minimum Gasteiger partial charge on any atom is -0.452 e. The lowest BCUT2D eigenvalue weighted by Crippen LogP contribution is -2.30. The lowest BCUT2D eigenvalue weighted by atomic mass is 10.1. The number of nitrogens with one attached hydrogen (secondary N) is 1. The van der Waals surface area contributed by atoms with Crippen molar-refractivity contribution >= 4 is 18.0 Å². The van der Waals surface area contributed by atoms with Crippen molar-refractivity contribution < 1.29 is 14.3 Å². The van der Waals surface area contributed by atoms with E-state index in [9.17, 15) is 9.59 Å². The Labute approximate surface area is 135 Å². The Hall–Kier alpha value is -2.88. The van der Waals surface area contributed by atoms with Crippen molar-refractivity contribution in [3.05, 3.63) is 77.9 Å². The van der Waals surface area contributed by atoms with Crippen molar-refractivity contribution in [3.8, 4) is 0 Å². The Morgan fingerprint density at radius 1 is 1.04 bits per heavy atom. The topological polar surface area (TPSA) is 55.4 Å². The quantitative estimate of drug-likeness (QED) is 0.659. The molecular weight excluding hydrogens is 290 g/mol. The molecule has 0 aliphatic carbocycles. The molecule has 0 aromatic heterocycles. The summed E-state index contributed by atoms with van der Waals surface area (Å²) in [7, 11) is 0. The first-order valence-corrected chi connectivity index (χ1v) is 7.39. The Balaban J connectivity index is 1.76. The summed E-state index contributed by atoms with van der Waals surface area (Å²) in [5, 5.41) is 2.79. The van der Waals surface area contributed by atoms with Gasteiger partial charge in [0.1, 0.15) is 0 Å². The third-order valence-electron chi connectivity index (χ3n) is 3.23. The molecule has 0 bridgehead atoms. The summed E-state index contributed by atoms with van der Waals surface area (Å²) < 4.78 is 4.92. The molecule has 0 radical (unpaired) electrons. The predicted octanol–water partition coefficient (Wildman–Crippen LogP) is 3.12. The van der Waals surface area contributed by atoms with Gasteiger partial charge in [0.2, 0.25) is 0 Å². The van der Waals surface area contributed by atoms with Crippen LogP contribution in [0.25, 0.3) is 6.08 Å². The number of amides is 1. The van der Waals surface area contributed by atoms with E-state index in [1.807, 2.05) is 67.6 Å². The van der Waals surface area contributed by atoms with Crippen LogP contribution in [-0.4, -0.2) is 18.5 Å². The first-order chi connectivity index (χ1) is 11.1. The van der Waals surface area contributed by atoms with E-state index in [2.05, 4.69) is 5.32 Å². The van der Waals surface area contributed by atoms with Gasteiger partial charge in [-0.15, -0.1) is 0 Å². The summed E-state index contributed by atoms with van der Waals surface area (Å²) in [5.74, 6) is -0.876. The lowest BCUT2D eigenvalue weighted by molar-refractivity contribution is -0.144. The fourth-order valence-electron chi connectivity index (χ4n) is 2.02. The van der Waals surface area contributed by atoms with E-state index in [0.29, 0.717) is 0 Å². The van der Waals surface area contributed by atoms with Gasteiger partial charge in [0.25, 0.3) is 5.91 Å². The SMILES string of the molecule is C[C@H](NC(=O)COC(=O)/C=C/c1ccccc1)c1ccccc1. The van der Waals surface area contributed by atoms with Gasteiger partial charge >= 0.3 is 5.97 Å². The highest BCUT2D eigenvalue weighted by atomic mass is 16.5. The highest BCUT2D eigenvalue weighted by molar-refractivity contribution is 5.89. The normalized spacial score (nSPS) is 11.9. The third-order valence-corrected chi connectivity index (χ3v) is 3.23. The standard InChI is InChI=1S/C19H19NO3/c1-15(17-10-6-3-7-11-17)20-18(21)14-23-19(22)13-12-16-8-4-2-5-9-16/h2-13,15H,14H2,1H3,(H,20,21)/b13-12+/t15-/m0/s1. The van der Waals surface area contributed by atoms with E-state index < -0.39 is 5.97 Å². The monoisotopic (exact) mass is 309 g/mol. The molecule has 1 atom stereocenters. The molecule has 0 heterocycles. The molecule has 0 unspecified atom stereocenters. The van der Waals surface area contributed by atoms with Crippen LogP contribution < -0.4 is 5.32 Å². The molecule has 0 saturated carbocycles. The number of rotatable bonds is 6. The van der Waals surface area contributed by atoms with Crippen LogP contribution in [0.3, 0.4) is 0 Å². The zero-order valence-electron chi connectivity index (χ0n) is 12.9. The van der Waals surface area contributed by atoms with E-state index in [4.69, 9.17) is 4.74 Å². The maximum atomic E-state index is 11.8. The number of hydrogen-bond donors (Lipinski definition) is 1. The molecule has 1 amide bonds. The summed E-state index contributed by atoms with van der Waals surface area (Å²) in [6, 6.07) is 18.9. The van der Waals surface area contributed by atoms with Crippen LogP contribution in [0, 0.1) is 0 Å². The molecule has 0 fully saturated rings. The number of esters is 1. The molecule has 2 aromatic rings. The highest BCUT2D eigenvalue weighted by Crippen LogP contribution is 2.10. The summed E-state index contributed by atoms with van der Waals surface area (Å²) in [6.45, 7) is 1.58. The summed E-state index contributed by atoms with van der Waals surface area (Å²) in [4.78, 5) is 23.4. The van der Waals surface area contributed by atoms with Crippen molar-refractivity contribution in [1.29, 1.82) is 0 Å². The van der Waals surface area contributed by atoms with Gasteiger partial charge in [-0.1, -0.05) is 60.7 Å². The fourth-order valence-corrected chi connectivity index (χ4v) is 2.02. The number of ether oxygens (including phenoxy) is 1. The van der Waals surface area contributed by atoms with Crippen molar-refractivity contribution in [2.75, 3.05) is 6.61 Å². The Kier molecular flexibility index (Phi) is 6.12. The van der Waals surface area contributed by atoms with Crippen molar-refractivity contribution in [2.24, 2.45) is 0 Å². The second kappa shape index (κ2) is 8.54. The van der Waals surface area contributed by atoms with Crippen LogP contribution in [0.15, 0.2) is 66.7 Å². The molecular formula is C19H19NO3. The molecule has 0 saturated heterocycles. The predicted molar refractivity (Wildman–Crippen MR) is 89.4 cm³/mol. The van der Waals surface area contributed by atoms with Crippen LogP contribution in [0.2, 0.25) is 0 Å². The molecule has 4 nitrogen and oxygen atoms in total. The van der Waals surface area contributed by atoms with E-state index in [1.165, 1.54) is 6.08 Å². The zero-order valence-corrected chi connectivity index (χ0v) is 12.9. The number of carbonyl (C=O) groups excluding carboxylic acids is 2. The average Bonchev–Trinajstić information content (AvgIpc) is 2.60. The number of carbonyl (C=O) groups is 2. The van der Waals surface area contributed by atoms with Gasteiger partial charge in [-0.3, -0.25) is 4.79 Å². The van der Waals surface area contributed by atoms with Crippen LogP contribution in [-0.2, 0) is 14.3 Å².